The maximum Gasteiger partial charge on any atom is 0.433 e. The highest BCUT2D eigenvalue weighted by Gasteiger charge is 2.35. The van der Waals surface area contributed by atoms with Gasteiger partial charge in [-0.05, 0) is 31.2 Å². The van der Waals surface area contributed by atoms with E-state index < -0.39 is 17.7 Å². The predicted octanol–water partition coefficient (Wildman–Crippen LogP) is 3.34. The summed E-state index contributed by atoms with van der Waals surface area (Å²) >= 11 is 0. The van der Waals surface area contributed by atoms with E-state index in [0.29, 0.717) is 4.68 Å². The van der Waals surface area contributed by atoms with Crippen LogP contribution < -0.4 is 0 Å². The second kappa shape index (κ2) is 3.87. The largest absolute Gasteiger partial charge is 0.433 e. The van der Waals surface area contributed by atoms with Gasteiger partial charge in [-0.25, -0.2) is 9.07 Å². The Hall–Kier alpha value is -1.85. The molecule has 0 fully saturated rings. The first-order valence-electron chi connectivity index (χ1n) is 4.78. The average molecular weight is 244 g/mol. The standard InChI is InChI=1S/C11H8F4N2/c1-7-5-10(11(13,14)15)17(16-7)9-4-2-3-8(12)6-9/h2-6H,1H3. The van der Waals surface area contributed by atoms with Crippen molar-refractivity contribution in [1.82, 2.24) is 9.78 Å². The lowest BCUT2D eigenvalue weighted by atomic mass is 10.3. The number of hydrogen-bond donors (Lipinski definition) is 0. The van der Waals surface area contributed by atoms with Crippen LogP contribution in [0.1, 0.15) is 11.4 Å². The molecule has 0 N–H and O–H groups in total. The third-order valence-electron chi connectivity index (χ3n) is 2.17. The van der Waals surface area contributed by atoms with E-state index in [0.717, 1.165) is 18.2 Å². The molecule has 0 atom stereocenters. The van der Waals surface area contributed by atoms with Gasteiger partial charge >= 0.3 is 6.18 Å². The van der Waals surface area contributed by atoms with Gasteiger partial charge in [0.05, 0.1) is 11.4 Å². The number of nitrogens with zero attached hydrogens (tertiary/aromatic N) is 2. The van der Waals surface area contributed by atoms with Crippen molar-refractivity contribution in [3.05, 3.63) is 47.5 Å². The summed E-state index contributed by atoms with van der Waals surface area (Å²) in [6.07, 6.45) is -4.52. The molecule has 6 heteroatoms. The van der Waals surface area contributed by atoms with E-state index in [1.807, 2.05) is 0 Å². The number of hydrogen-bond acceptors (Lipinski definition) is 1. The zero-order valence-corrected chi connectivity index (χ0v) is 8.79. The van der Waals surface area contributed by atoms with E-state index >= 15 is 0 Å². The lowest BCUT2D eigenvalue weighted by molar-refractivity contribution is -0.142. The minimum absolute atomic E-state index is 0.0467. The topological polar surface area (TPSA) is 17.8 Å². The number of aryl methyl sites for hydroxylation is 1. The van der Waals surface area contributed by atoms with E-state index in [1.54, 1.807) is 0 Å². The van der Waals surface area contributed by atoms with Crippen LogP contribution in [0.4, 0.5) is 17.6 Å². The Morgan fingerprint density at radius 3 is 2.47 bits per heavy atom. The molecule has 1 aromatic heterocycles. The highest BCUT2D eigenvalue weighted by Crippen LogP contribution is 2.31. The van der Waals surface area contributed by atoms with Gasteiger partial charge in [0.1, 0.15) is 11.5 Å². The van der Waals surface area contributed by atoms with Gasteiger partial charge in [0, 0.05) is 0 Å². The molecule has 2 nitrogen and oxygen atoms in total. The van der Waals surface area contributed by atoms with Crippen molar-refractivity contribution in [2.24, 2.45) is 0 Å². The lowest BCUT2D eigenvalue weighted by Gasteiger charge is -2.09. The second-order valence-corrected chi connectivity index (χ2v) is 3.56. The van der Waals surface area contributed by atoms with Crippen LogP contribution in [-0.2, 0) is 6.18 Å². The van der Waals surface area contributed by atoms with E-state index in [1.165, 1.54) is 19.1 Å². The lowest BCUT2D eigenvalue weighted by Crippen LogP contribution is -2.13. The van der Waals surface area contributed by atoms with Crippen molar-refractivity contribution in [3.63, 3.8) is 0 Å². The van der Waals surface area contributed by atoms with Crippen LogP contribution in [0.25, 0.3) is 5.69 Å². The Labute approximate surface area is 94.5 Å². The maximum absolute atomic E-state index is 13.0. The van der Waals surface area contributed by atoms with Gasteiger partial charge in [-0.15, -0.1) is 0 Å². The number of halogens is 4. The third kappa shape index (κ3) is 2.30. The summed E-state index contributed by atoms with van der Waals surface area (Å²) in [5, 5.41) is 3.72. The fraction of sp³-hybridized carbons (Fsp3) is 0.182. The zero-order chi connectivity index (χ0) is 12.6. The Balaban J connectivity index is 2.60. The summed E-state index contributed by atoms with van der Waals surface area (Å²) in [5.41, 5.74) is -0.646. The Morgan fingerprint density at radius 2 is 1.88 bits per heavy atom. The molecular formula is C11H8F4N2. The van der Waals surface area contributed by atoms with Crippen LogP contribution >= 0.6 is 0 Å². The molecule has 0 aliphatic carbocycles. The van der Waals surface area contributed by atoms with Crippen LogP contribution in [0.15, 0.2) is 30.3 Å². The molecule has 1 heterocycles. The Bertz CT molecular complexity index is 543. The fourth-order valence-corrected chi connectivity index (χ4v) is 1.51. The molecule has 2 rings (SSSR count). The Kier molecular flexibility index (Phi) is 2.65. The number of aromatic nitrogens is 2. The first-order chi connectivity index (χ1) is 7.88. The van der Waals surface area contributed by atoms with E-state index in [4.69, 9.17) is 0 Å². The van der Waals surface area contributed by atoms with Crippen molar-refractivity contribution < 1.29 is 17.6 Å². The highest BCUT2D eigenvalue weighted by atomic mass is 19.4. The molecule has 0 saturated carbocycles. The summed E-state index contributed by atoms with van der Waals surface area (Å²) in [7, 11) is 0. The SMILES string of the molecule is Cc1cc(C(F)(F)F)n(-c2cccc(F)c2)n1. The summed E-state index contributed by atoms with van der Waals surface area (Å²) in [6, 6.07) is 5.78. The van der Waals surface area contributed by atoms with Crippen LogP contribution in [0.5, 0.6) is 0 Å². The molecular weight excluding hydrogens is 236 g/mol. The van der Waals surface area contributed by atoms with E-state index in [-0.39, 0.29) is 11.4 Å². The first-order valence-corrected chi connectivity index (χ1v) is 4.78. The Morgan fingerprint density at radius 1 is 1.18 bits per heavy atom. The quantitative estimate of drug-likeness (QED) is 0.703. The summed E-state index contributed by atoms with van der Waals surface area (Å²) in [4.78, 5) is 0. The molecule has 0 unspecified atom stereocenters. The zero-order valence-electron chi connectivity index (χ0n) is 8.79. The minimum atomic E-state index is -4.52. The second-order valence-electron chi connectivity index (χ2n) is 3.56. The maximum atomic E-state index is 13.0. The number of alkyl halides is 3. The molecule has 0 aliphatic heterocycles. The minimum Gasteiger partial charge on any atom is -0.228 e. The molecule has 1 aromatic carbocycles. The van der Waals surface area contributed by atoms with Crippen molar-refractivity contribution >= 4 is 0 Å². The van der Waals surface area contributed by atoms with Gasteiger partial charge in [-0.1, -0.05) is 6.07 Å². The molecule has 17 heavy (non-hydrogen) atoms. The van der Waals surface area contributed by atoms with Crippen LogP contribution in [-0.4, -0.2) is 9.78 Å². The van der Waals surface area contributed by atoms with Gasteiger partial charge in [0.15, 0.2) is 0 Å². The normalized spacial score (nSPS) is 11.8. The molecule has 90 valence electrons. The van der Waals surface area contributed by atoms with Gasteiger partial charge in [-0.3, -0.25) is 0 Å². The molecule has 0 amide bonds. The van der Waals surface area contributed by atoms with Gasteiger partial charge < -0.3 is 0 Å². The monoisotopic (exact) mass is 244 g/mol. The van der Waals surface area contributed by atoms with Crippen LogP contribution in [0.2, 0.25) is 0 Å². The fourth-order valence-electron chi connectivity index (χ4n) is 1.51. The molecule has 0 saturated heterocycles. The van der Waals surface area contributed by atoms with Gasteiger partial charge in [0.2, 0.25) is 0 Å². The molecule has 2 aromatic rings. The smallest absolute Gasteiger partial charge is 0.228 e. The first kappa shape index (κ1) is 11.6. The summed E-state index contributed by atoms with van der Waals surface area (Å²) in [6.45, 7) is 1.45. The van der Waals surface area contributed by atoms with Gasteiger partial charge in [-0.2, -0.15) is 18.3 Å². The van der Waals surface area contributed by atoms with E-state index in [9.17, 15) is 17.6 Å². The molecule has 0 radical (unpaired) electrons. The van der Waals surface area contributed by atoms with Gasteiger partial charge in [0.25, 0.3) is 0 Å². The highest BCUT2D eigenvalue weighted by molar-refractivity contribution is 5.34. The summed E-state index contributed by atoms with van der Waals surface area (Å²) < 4.78 is 51.7. The number of rotatable bonds is 1. The van der Waals surface area contributed by atoms with Crippen molar-refractivity contribution in [3.8, 4) is 5.69 Å². The van der Waals surface area contributed by atoms with Crippen LogP contribution in [0.3, 0.4) is 0 Å². The summed E-state index contributed by atoms with van der Waals surface area (Å²) in [5.74, 6) is -0.608. The average Bonchev–Trinajstić information content (AvgIpc) is 2.60. The van der Waals surface area contributed by atoms with Crippen molar-refractivity contribution in [2.75, 3.05) is 0 Å². The molecule has 0 aliphatic rings. The van der Waals surface area contributed by atoms with Crippen LogP contribution in [0, 0.1) is 12.7 Å². The van der Waals surface area contributed by atoms with Crippen molar-refractivity contribution in [2.45, 2.75) is 13.1 Å². The van der Waals surface area contributed by atoms with E-state index in [2.05, 4.69) is 5.10 Å². The van der Waals surface area contributed by atoms with Crippen molar-refractivity contribution in [1.29, 1.82) is 0 Å². The molecule has 0 bridgehead atoms. The number of benzene rings is 1. The predicted molar refractivity (Wildman–Crippen MR) is 53.3 cm³/mol. The third-order valence-corrected chi connectivity index (χ3v) is 2.17. The molecule has 0 spiro atoms.